The van der Waals surface area contributed by atoms with E-state index in [4.69, 9.17) is 11.6 Å². The summed E-state index contributed by atoms with van der Waals surface area (Å²) < 4.78 is 38.1. The Morgan fingerprint density at radius 3 is 2.23 bits per heavy atom. The summed E-state index contributed by atoms with van der Waals surface area (Å²) in [6.07, 6.45) is -5.11. The van der Waals surface area contributed by atoms with E-state index in [-0.39, 0.29) is 5.69 Å². The number of benzene rings is 1. The first-order valence-electron chi connectivity index (χ1n) is 6.36. The van der Waals surface area contributed by atoms with Gasteiger partial charge in [0.25, 0.3) is 0 Å². The minimum atomic E-state index is -4.62. The summed E-state index contributed by atoms with van der Waals surface area (Å²) >= 11 is 5.48. The lowest BCUT2D eigenvalue weighted by atomic mass is 10.1. The smallest absolute Gasteiger partial charge is 0.351 e. The van der Waals surface area contributed by atoms with Crippen LogP contribution in [0.25, 0.3) is 0 Å². The summed E-state index contributed by atoms with van der Waals surface area (Å²) in [5, 5.41) is 4.36. The quantitative estimate of drug-likeness (QED) is 0.829. The molecule has 0 aliphatic rings. The van der Waals surface area contributed by atoms with Crippen molar-refractivity contribution in [3.05, 3.63) is 28.8 Å². The fourth-order valence-electron chi connectivity index (χ4n) is 1.63. The number of rotatable bonds is 3. The molecule has 8 heteroatoms. The Bertz CT molecular complexity index is 580. The monoisotopic (exact) mass is 336 g/mol. The summed E-state index contributed by atoms with van der Waals surface area (Å²) in [6, 6.07) is 2.99. The fourth-order valence-corrected chi connectivity index (χ4v) is 1.86. The van der Waals surface area contributed by atoms with Crippen LogP contribution in [-0.2, 0) is 15.8 Å². The molecule has 0 radical (unpaired) electrons. The van der Waals surface area contributed by atoms with E-state index in [1.54, 1.807) is 20.8 Å². The zero-order chi connectivity index (χ0) is 17.1. The highest BCUT2D eigenvalue weighted by Gasteiger charge is 2.33. The number of halogens is 4. The van der Waals surface area contributed by atoms with Gasteiger partial charge in [-0.25, -0.2) is 0 Å². The van der Waals surface area contributed by atoms with Crippen LogP contribution in [0.5, 0.6) is 0 Å². The van der Waals surface area contributed by atoms with Crippen LogP contribution in [0.15, 0.2) is 18.2 Å². The van der Waals surface area contributed by atoms with Gasteiger partial charge in [0.1, 0.15) is 6.42 Å². The van der Waals surface area contributed by atoms with E-state index in [2.05, 4.69) is 10.6 Å². The number of alkyl halides is 3. The molecule has 0 unspecified atom stereocenters. The standard InChI is InChI=1S/C14H16ClF3N2O2/c1-13(2,3)20-12(22)7-11(21)19-8-4-5-10(15)9(6-8)14(16,17)18/h4-6H,7H2,1-3H3,(H,19,21)(H,20,22). The molecule has 4 nitrogen and oxygen atoms in total. The van der Waals surface area contributed by atoms with Gasteiger partial charge in [-0.2, -0.15) is 13.2 Å². The third-order valence-corrected chi connectivity index (χ3v) is 2.72. The topological polar surface area (TPSA) is 58.2 Å². The summed E-state index contributed by atoms with van der Waals surface area (Å²) in [4.78, 5) is 23.2. The van der Waals surface area contributed by atoms with Crippen LogP contribution in [0.1, 0.15) is 32.8 Å². The van der Waals surface area contributed by atoms with Crippen molar-refractivity contribution < 1.29 is 22.8 Å². The maximum absolute atomic E-state index is 12.7. The Labute approximate surface area is 131 Å². The normalized spacial score (nSPS) is 12.0. The summed E-state index contributed by atoms with van der Waals surface area (Å²) in [5.74, 6) is -1.23. The van der Waals surface area contributed by atoms with Gasteiger partial charge in [-0.05, 0) is 39.0 Å². The second-order valence-corrected chi connectivity index (χ2v) is 6.12. The van der Waals surface area contributed by atoms with Gasteiger partial charge in [0.05, 0.1) is 10.6 Å². The lowest BCUT2D eigenvalue weighted by Gasteiger charge is -2.20. The molecule has 0 heterocycles. The first-order valence-corrected chi connectivity index (χ1v) is 6.74. The van der Waals surface area contributed by atoms with Crippen LogP contribution in [0.2, 0.25) is 5.02 Å². The van der Waals surface area contributed by atoms with E-state index in [1.807, 2.05) is 0 Å². The summed E-state index contributed by atoms with van der Waals surface area (Å²) in [6.45, 7) is 5.24. The predicted octanol–water partition coefficient (Wildman–Crippen LogP) is 3.60. The maximum atomic E-state index is 12.7. The SMILES string of the molecule is CC(C)(C)NC(=O)CC(=O)Nc1ccc(Cl)c(C(F)(F)F)c1. The summed E-state index contributed by atoms with van der Waals surface area (Å²) in [5.41, 5.74) is -1.63. The second-order valence-electron chi connectivity index (χ2n) is 5.72. The molecule has 0 aliphatic heterocycles. The molecule has 22 heavy (non-hydrogen) atoms. The average Bonchev–Trinajstić information content (AvgIpc) is 2.27. The lowest BCUT2D eigenvalue weighted by Crippen LogP contribution is -2.41. The van der Waals surface area contributed by atoms with E-state index < -0.39 is 40.5 Å². The molecule has 0 aliphatic carbocycles. The molecule has 0 saturated heterocycles. The van der Waals surface area contributed by atoms with Gasteiger partial charge in [-0.15, -0.1) is 0 Å². The van der Waals surface area contributed by atoms with Gasteiger partial charge in [0, 0.05) is 11.2 Å². The Morgan fingerprint density at radius 1 is 1.14 bits per heavy atom. The third-order valence-electron chi connectivity index (χ3n) is 2.39. The molecular weight excluding hydrogens is 321 g/mol. The van der Waals surface area contributed by atoms with Crippen molar-refractivity contribution in [1.29, 1.82) is 0 Å². The van der Waals surface area contributed by atoms with E-state index in [1.165, 1.54) is 6.07 Å². The van der Waals surface area contributed by atoms with Gasteiger partial charge >= 0.3 is 6.18 Å². The molecule has 1 rings (SSSR count). The Balaban J connectivity index is 2.75. The van der Waals surface area contributed by atoms with Crippen LogP contribution in [0.4, 0.5) is 18.9 Å². The largest absolute Gasteiger partial charge is 0.417 e. The van der Waals surface area contributed by atoms with Crippen molar-refractivity contribution in [3.8, 4) is 0 Å². The molecule has 0 spiro atoms. The number of amides is 2. The molecule has 2 amide bonds. The highest BCUT2D eigenvalue weighted by Crippen LogP contribution is 2.36. The molecule has 0 saturated carbocycles. The first kappa shape index (κ1) is 18.3. The van der Waals surface area contributed by atoms with E-state index in [0.29, 0.717) is 0 Å². The van der Waals surface area contributed by atoms with Crippen molar-refractivity contribution in [2.24, 2.45) is 0 Å². The molecule has 0 aromatic heterocycles. The van der Waals surface area contributed by atoms with Crippen LogP contribution < -0.4 is 10.6 Å². The number of hydrogen-bond donors (Lipinski definition) is 2. The number of hydrogen-bond acceptors (Lipinski definition) is 2. The van der Waals surface area contributed by atoms with Crippen LogP contribution in [-0.4, -0.2) is 17.4 Å². The highest BCUT2D eigenvalue weighted by atomic mass is 35.5. The maximum Gasteiger partial charge on any atom is 0.417 e. The van der Waals surface area contributed by atoms with E-state index in [9.17, 15) is 22.8 Å². The molecule has 0 bridgehead atoms. The number of nitrogens with one attached hydrogen (secondary N) is 2. The fraction of sp³-hybridized carbons (Fsp3) is 0.429. The summed E-state index contributed by atoms with van der Waals surface area (Å²) in [7, 11) is 0. The number of anilines is 1. The number of carbonyl (C=O) groups excluding carboxylic acids is 2. The minimum absolute atomic E-state index is 0.0784. The van der Waals surface area contributed by atoms with Gasteiger partial charge in [-0.1, -0.05) is 11.6 Å². The molecule has 0 fully saturated rings. The Kier molecular flexibility index (Phi) is 5.45. The minimum Gasteiger partial charge on any atom is -0.351 e. The molecular formula is C14H16ClF3N2O2. The van der Waals surface area contributed by atoms with Gasteiger partial charge in [0.15, 0.2) is 0 Å². The van der Waals surface area contributed by atoms with Crippen LogP contribution in [0, 0.1) is 0 Å². The zero-order valence-electron chi connectivity index (χ0n) is 12.3. The molecule has 1 aromatic carbocycles. The second kappa shape index (κ2) is 6.56. The van der Waals surface area contributed by atoms with E-state index in [0.717, 1.165) is 12.1 Å². The van der Waals surface area contributed by atoms with Crippen molar-refractivity contribution in [1.82, 2.24) is 5.32 Å². The highest BCUT2D eigenvalue weighted by molar-refractivity contribution is 6.31. The van der Waals surface area contributed by atoms with Crippen molar-refractivity contribution in [2.75, 3.05) is 5.32 Å². The predicted molar refractivity (Wildman–Crippen MR) is 77.6 cm³/mol. The molecule has 122 valence electrons. The van der Waals surface area contributed by atoms with Crippen molar-refractivity contribution >= 4 is 29.1 Å². The number of carbonyl (C=O) groups is 2. The molecule has 1 aromatic rings. The van der Waals surface area contributed by atoms with Gasteiger partial charge in [0.2, 0.25) is 11.8 Å². The van der Waals surface area contributed by atoms with Crippen molar-refractivity contribution in [2.45, 2.75) is 38.9 Å². The third kappa shape index (κ3) is 5.93. The van der Waals surface area contributed by atoms with E-state index >= 15 is 0 Å². The van der Waals surface area contributed by atoms with Crippen LogP contribution >= 0.6 is 11.6 Å². The average molecular weight is 337 g/mol. The molecule has 0 atom stereocenters. The van der Waals surface area contributed by atoms with Crippen molar-refractivity contribution in [3.63, 3.8) is 0 Å². The van der Waals surface area contributed by atoms with Gasteiger partial charge < -0.3 is 10.6 Å². The Morgan fingerprint density at radius 2 is 1.73 bits per heavy atom. The van der Waals surface area contributed by atoms with Gasteiger partial charge in [-0.3, -0.25) is 9.59 Å². The zero-order valence-corrected chi connectivity index (χ0v) is 13.0. The lowest BCUT2D eigenvalue weighted by molar-refractivity contribution is -0.137. The van der Waals surface area contributed by atoms with Crippen LogP contribution in [0.3, 0.4) is 0 Å². The molecule has 2 N–H and O–H groups in total. The Hall–Kier alpha value is -1.76. The first-order chi connectivity index (χ1) is 9.88.